The van der Waals surface area contributed by atoms with E-state index in [2.05, 4.69) is 15.2 Å². The summed E-state index contributed by atoms with van der Waals surface area (Å²) in [4.78, 5) is 32.8. The van der Waals surface area contributed by atoms with Gasteiger partial charge in [0.05, 0.1) is 13.0 Å². The number of piperidine rings is 2. The molecule has 7 nitrogen and oxygen atoms in total. The first-order chi connectivity index (χ1) is 14.1. The molecule has 30 heavy (non-hydrogen) atoms. The number of hydrogen-bond acceptors (Lipinski definition) is 4. The Bertz CT molecular complexity index is 724. The average molecular weight is 528 g/mol. The molecular formula is C22H33IN4O3. The second kappa shape index (κ2) is 12.1. The quantitative estimate of drug-likeness (QED) is 0.282. The van der Waals surface area contributed by atoms with Crippen LogP contribution in [0.1, 0.15) is 48.0 Å². The maximum absolute atomic E-state index is 12.6. The average Bonchev–Trinajstić information content (AvgIpc) is 2.80. The number of likely N-dealkylation sites (tertiary alicyclic amines) is 2. The summed E-state index contributed by atoms with van der Waals surface area (Å²) < 4.78 is 4.85. The summed E-state index contributed by atoms with van der Waals surface area (Å²) in [5, 5.41) is 3.39. The highest BCUT2D eigenvalue weighted by molar-refractivity contribution is 14.0. The fourth-order valence-electron chi connectivity index (χ4n) is 4.05. The Labute approximate surface area is 196 Å². The third-order valence-corrected chi connectivity index (χ3v) is 5.84. The van der Waals surface area contributed by atoms with Gasteiger partial charge in [-0.15, -0.1) is 24.0 Å². The first-order valence-corrected chi connectivity index (χ1v) is 10.5. The highest BCUT2D eigenvalue weighted by Gasteiger charge is 2.27. The predicted molar refractivity (Wildman–Crippen MR) is 128 cm³/mol. The van der Waals surface area contributed by atoms with Crippen LogP contribution in [0.4, 0.5) is 0 Å². The SMILES string of the molecule is CN=C(NCc1ccc(C(=O)N2CCCCC2)cc1)N1CCC(C(=O)OC)CC1.I. The molecule has 0 saturated carbocycles. The van der Waals surface area contributed by atoms with E-state index in [0.29, 0.717) is 6.54 Å². The molecule has 0 aliphatic carbocycles. The van der Waals surface area contributed by atoms with Crippen LogP contribution in [0.5, 0.6) is 0 Å². The molecule has 0 aromatic heterocycles. The molecule has 1 amide bonds. The number of methoxy groups -OCH3 is 1. The number of guanidine groups is 1. The second-order valence-corrected chi connectivity index (χ2v) is 7.74. The van der Waals surface area contributed by atoms with Crippen molar-refractivity contribution in [3.05, 3.63) is 35.4 Å². The molecule has 2 aliphatic heterocycles. The normalized spacial score (nSPS) is 17.9. The van der Waals surface area contributed by atoms with Gasteiger partial charge < -0.3 is 19.9 Å². The minimum atomic E-state index is -0.119. The molecule has 2 saturated heterocycles. The summed E-state index contributed by atoms with van der Waals surface area (Å²) >= 11 is 0. The Morgan fingerprint density at radius 1 is 1.03 bits per heavy atom. The topological polar surface area (TPSA) is 74.2 Å². The molecule has 3 rings (SSSR count). The number of carbonyl (C=O) groups excluding carboxylic acids is 2. The third kappa shape index (κ3) is 6.33. The van der Waals surface area contributed by atoms with Crippen LogP contribution in [-0.4, -0.2) is 68.0 Å². The predicted octanol–water partition coefficient (Wildman–Crippen LogP) is 2.89. The van der Waals surface area contributed by atoms with Crippen LogP contribution in [0, 0.1) is 5.92 Å². The van der Waals surface area contributed by atoms with Gasteiger partial charge in [-0.25, -0.2) is 0 Å². The molecule has 0 atom stereocenters. The van der Waals surface area contributed by atoms with Crippen molar-refractivity contribution in [1.82, 2.24) is 15.1 Å². The van der Waals surface area contributed by atoms with E-state index in [1.807, 2.05) is 29.2 Å². The molecule has 2 fully saturated rings. The van der Waals surface area contributed by atoms with Gasteiger partial charge in [0.15, 0.2) is 5.96 Å². The standard InChI is InChI=1S/C22H32N4O3.HI/c1-23-22(26-14-10-19(11-15-26)21(28)29-2)24-16-17-6-8-18(9-7-17)20(27)25-12-4-3-5-13-25;/h6-9,19H,3-5,10-16H2,1-2H3,(H,23,24);1H. The van der Waals surface area contributed by atoms with Crippen molar-refractivity contribution in [1.29, 1.82) is 0 Å². The fourth-order valence-corrected chi connectivity index (χ4v) is 4.05. The van der Waals surface area contributed by atoms with E-state index in [1.165, 1.54) is 13.5 Å². The summed E-state index contributed by atoms with van der Waals surface area (Å²) in [5.74, 6) is 0.835. The van der Waals surface area contributed by atoms with Crippen LogP contribution >= 0.6 is 24.0 Å². The van der Waals surface area contributed by atoms with E-state index in [-0.39, 0.29) is 41.8 Å². The van der Waals surface area contributed by atoms with Crippen LogP contribution in [0.15, 0.2) is 29.3 Å². The number of amides is 1. The summed E-state index contributed by atoms with van der Waals surface area (Å²) in [5.41, 5.74) is 1.86. The number of esters is 1. The van der Waals surface area contributed by atoms with Crippen molar-refractivity contribution in [3.63, 3.8) is 0 Å². The number of nitrogens with zero attached hydrogens (tertiary/aromatic N) is 3. The van der Waals surface area contributed by atoms with Crippen molar-refractivity contribution in [3.8, 4) is 0 Å². The molecule has 1 aromatic carbocycles. The summed E-state index contributed by atoms with van der Waals surface area (Å²) in [6.45, 7) is 3.93. The number of ether oxygens (including phenoxy) is 1. The van der Waals surface area contributed by atoms with Crippen LogP contribution in [0.2, 0.25) is 0 Å². The maximum Gasteiger partial charge on any atom is 0.308 e. The van der Waals surface area contributed by atoms with E-state index in [9.17, 15) is 9.59 Å². The fraction of sp³-hybridized carbons (Fsp3) is 0.591. The number of hydrogen-bond donors (Lipinski definition) is 1. The van der Waals surface area contributed by atoms with E-state index >= 15 is 0 Å². The Balaban J connectivity index is 0.00000320. The molecule has 0 bridgehead atoms. The zero-order valence-electron chi connectivity index (χ0n) is 17.9. The molecule has 0 spiro atoms. The Morgan fingerprint density at radius 3 is 2.23 bits per heavy atom. The molecule has 0 unspecified atom stereocenters. The Morgan fingerprint density at radius 2 is 1.67 bits per heavy atom. The molecule has 0 radical (unpaired) electrons. The first kappa shape index (κ1) is 24.4. The molecule has 1 N–H and O–H groups in total. The number of halogens is 1. The highest BCUT2D eigenvalue weighted by atomic mass is 127. The van der Waals surface area contributed by atoms with Crippen molar-refractivity contribution in [2.24, 2.45) is 10.9 Å². The van der Waals surface area contributed by atoms with E-state index in [0.717, 1.165) is 68.9 Å². The van der Waals surface area contributed by atoms with Crippen LogP contribution in [0.3, 0.4) is 0 Å². The number of carbonyl (C=O) groups is 2. The molecular weight excluding hydrogens is 495 g/mol. The number of nitrogens with one attached hydrogen (secondary N) is 1. The van der Waals surface area contributed by atoms with Gasteiger partial charge in [0.1, 0.15) is 0 Å². The molecule has 166 valence electrons. The van der Waals surface area contributed by atoms with Gasteiger partial charge in [0.25, 0.3) is 5.91 Å². The lowest BCUT2D eigenvalue weighted by Gasteiger charge is -2.33. The van der Waals surface area contributed by atoms with Crippen LogP contribution in [-0.2, 0) is 16.1 Å². The number of aliphatic imine (C=N–C) groups is 1. The summed E-state index contributed by atoms with van der Waals surface area (Å²) in [6, 6.07) is 7.83. The summed E-state index contributed by atoms with van der Waals surface area (Å²) in [7, 11) is 3.22. The first-order valence-electron chi connectivity index (χ1n) is 10.5. The second-order valence-electron chi connectivity index (χ2n) is 7.74. The maximum atomic E-state index is 12.6. The molecule has 2 aliphatic rings. The Kier molecular flexibility index (Phi) is 9.87. The van der Waals surface area contributed by atoms with Gasteiger partial charge in [-0.1, -0.05) is 12.1 Å². The van der Waals surface area contributed by atoms with Crippen LogP contribution < -0.4 is 5.32 Å². The zero-order chi connectivity index (χ0) is 20.6. The molecule has 2 heterocycles. The molecule has 1 aromatic rings. The van der Waals surface area contributed by atoms with Gasteiger partial charge in [-0.3, -0.25) is 14.6 Å². The monoisotopic (exact) mass is 528 g/mol. The van der Waals surface area contributed by atoms with E-state index < -0.39 is 0 Å². The largest absolute Gasteiger partial charge is 0.469 e. The van der Waals surface area contributed by atoms with Crippen molar-refractivity contribution in [2.75, 3.05) is 40.3 Å². The van der Waals surface area contributed by atoms with Crippen molar-refractivity contribution in [2.45, 2.75) is 38.6 Å². The zero-order valence-corrected chi connectivity index (χ0v) is 20.3. The highest BCUT2D eigenvalue weighted by Crippen LogP contribution is 2.19. The van der Waals surface area contributed by atoms with Crippen molar-refractivity contribution >= 4 is 41.8 Å². The van der Waals surface area contributed by atoms with E-state index in [1.54, 1.807) is 7.05 Å². The number of rotatable bonds is 4. The van der Waals surface area contributed by atoms with E-state index in [4.69, 9.17) is 4.74 Å². The smallest absolute Gasteiger partial charge is 0.308 e. The lowest BCUT2D eigenvalue weighted by molar-refractivity contribution is -0.146. The summed E-state index contributed by atoms with van der Waals surface area (Å²) in [6.07, 6.45) is 4.98. The van der Waals surface area contributed by atoms with Crippen molar-refractivity contribution < 1.29 is 14.3 Å². The number of benzene rings is 1. The minimum Gasteiger partial charge on any atom is -0.469 e. The van der Waals surface area contributed by atoms with Crippen LogP contribution in [0.25, 0.3) is 0 Å². The van der Waals surface area contributed by atoms with Gasteiger partial charge in [-0.05, 0) is 49.8 Å². The Hall–Kier alpha value is -1.84. The van der Waals surface area contributed by atoms with Gasteiger partial charge in [0.2, 0.25) is 0 Å². The van der Waals surface area contributed by atoms with Gasteiger partial charge in [0, 0.05) is 45.3 Å². The third-order valence-electron chi connectivity index (χ3n) is 5.84. The van der Waals surface area contributed by atoms with Gasteiger partial charge >= 0.3 is 5.97 Å². The minimum absolute atomic E-state index is 0. The lowest BCUT2D eigenvalue weighted by atomic mass is 9.97. The molecule has 8 heteroatoms. The lowest BCUT2D eigenvalue weighted by Crippen LogP contribution is -2.46. The van der Waals surface area contributed by atoms with Gasteiger partial charge in [-0.2, -0.15) is 0 Å².